The average molecular weight is 436 g/mol. The molecular formula is C22H20N4O6. The summed E-state index contributed by atoms with van der Waals surface area (Å²) in [5, 5.41) is 6.73. The number of imide groups is 1. The van der Waals surface area contributed by atoms with Crippen LogP contribution in [0.3, 0.4) is 0 Å². The molecule has 10 heteroatoms. The minimum atomic E-state index is -1.11. The molecule has 0 radical (unpaired) electrons. The summed E-state index contributed by atoms with van der Waals surface area (Å²) in [4.78, 5) is 31.1. The van der Waals surface area contributed by atoms with E-state index in [9.17, 15) is 9.59 Å². The molecule has 1 saturated heterocycles. The molecule has 3 heterocycles. The van der Waals surface area contributed by atoms with Crippen molar-refractivity contribution >= 4 is 11.9 Å². The van der Waals surface area contributed by atoms with Crippen LogP contribution < -0.4 is 19.5 Å². The first-order valence-corrected chi connectivity index (χ1v) is 9.95. The summed E-state index contributed by atoms with van der Waals surface area (Å²) < 4.78 is 21.2. The third kappa shape index (κ3) is 3.49. The maximum Gasteiger partial charge on any atom is 0.325 e. The predicted molar refractivity (Wildman–Crippen MR) is 110 cm³/mol. The Bertz CT molecular complexity index is 1210. The number of fused-ring (bicyclic) bond motifs is 1. The number of aromatic nitrogens is 2. The van der Waals surface area contributed by atoms with Crippen LogP contribution >= 0.6 is 0 Å². The summed E-state index contributed by atoms with van der Waals surface area (Å²) in [5.41, 5.74) is 0.426. The Morgan fingerprint density at radius 1 is 1.16 bits per heavy atom. The lowest BCUT2D eigenvalue weighted by Gasteiger charge is -2.21. The number of hydrogen-bond acceptors (Lipinski definition) is 8. The van der Waals surface area contributed by atoms with Crippen molar-refractivity contribution < 1.29 is 28.3 Å². The van der Waals surface area contributed by atoms with Crippen molar-refractivity contribution in [1.82, 2.24) is 20.4 Å². The maximum absolute atomic E-state index is 13.1. The van der Waals surface area contributed by atoms with Gasteiger partial charge in [0.05, 0.1) is 7.11 Å². The molecule has 5 rings (SSSR count). The van der Waals surface area contributed by atoms with Gasteiger partial charge in [-0.1, -0.05) is 23.4 Å². The highest BCUT2D eigenvalue weighted by Gasteiger charge is 2.48. The Morgan fingerprint density at radius 3 is 2.84 bits per heavy atom. The third-order valence-electron chi connectivity index (χ3n) is 5.43. The lowest BCUT2D eigenvalue weighted by molar-refractivity contribution is -0.131. The van der Waals surface area contributed by atoms with E-state index in [-0.39, 0.29) is 25.1 Å². The number of rotatable bonds is 6. The van der Waals surface area contributed by atoms with E-state index in [1.807, 2.05) is 24.3 Å². The van der Waals surface area contributed by atoms with Gasteiger partial charge < -0.3 is 24.1 Å². The molecular weight excluding hydrogens is 416 g/mol. The number of nitrogens with one attached hydrogen (secondary N) is 1. The first-order valence-electron chi connectivity index (χ1n) is 9.95. The number of carbonyl (C=O) groups excluding carboxylic acids is 2. The SMILES string of the molecule is COc1cccc(-c2noc(CN3C(=O)N[C@](C)(Cc4ccc5c(c4)OCO5)C3=O)n2)c1. The first kappa shape index (κ1) is 19.9. The Labute approximate surface area is 183 Å². The summed E-state index contributed by atoms with van der Waals surface area (Å²) in [6.45, 7) is 1.73. The van der Waals surface area contributed by atoms with E-state index in [1.54, 1.807) is 32.2 Å². The minimum Gasteiger partial charge on any atom is -0.497 e. The van der Waals surface area contributed by atoms with Gasteiger partial charge in [0.15, 0.2) is 11.5 Å². The van der Waals surface area contributed by atoms with Crippen molar-refractivity contribution in [3.05, 3.63) is 53.9 Å². The highest BCUT2D eigenvalue weighted by atomic mass is 16.7. The molecule has 0 spiro atoms. The second kappa shape index (κ2) is 7.56. The topological polar surface area (TPSA) is 116 Å². The largest absolute Gasteiger partial charge is 0.497 e. The van der Waals surface area contributed by atoms with E-state index in [2.05, 4.69) is 15.5 Å². The zero-order valence-corrected chi connectivity index (χ0v) is 17.5. The van der Waals surface area contributed by atoms with Gasteiger partial charge in [-0.2, -0.15) is 4.98 Å². The van der Waals surface area contributed by atoms with Crippen LogP contribution in [0.5, 0.6) is 17.2 Å². The molecule has 164 valence electrons. The molecule has 0 unspecified atom stereocenters. The van der Waals surface area contributed by atoms with E-state index in [1.165, 1.54) is 0 Å². The van der Waals surface area contributed by atoms with Crippen LogP contribution in [0, 0.1) is 0 Å². The van der Waals surface area contributed by atoms with Crippen LogP contribution in [0.25, 0.3) is 11.4 Å². The fourth-order valence-electron chi connectivity index (χ4n) is 3.80. The minimum absolute atomic E-state index is 0.127. The Hall–Kier alpha value is -4.08. The molecule has 10 nitrogen and oxygen atoms in total. The number of ether oxygens (including phenoxy) is 3. The van der Waals surface area contributed by atoms with Crippen molar-refractivity contribution in [3.63, 3.8) is 0 Å². The van der Waals surface area contributed by atoms with E-state index in [0.717, 1.165) is 10.5 Å². The van der Waals surface area contributed by atoms with Gasteiger partial charge in [-0.15, -0.1) is 0 Å². The van der Waals surface area contributed by atoms with Crippen molar-refractivity contribution in [3.8, 4) is 28.6 Å². The summed E-state index contributed by atoms with van der Waals surface area (Å²) in [6, 6.07) is 12.1. The number of hydrogen-bond donors (Lipinski definition) is 1. The zero-order valence-electron chi connectivity index (χ0n) is 17.5. The lowest BCUT2D eigenvalue weighted by atomic mass is 9.92. The molecule has 0 saturated carbocycles. The number of nitrogens with zero attached hydrogens (tertiary/aromatic N) is 3. The molecule has 3 amide bonds. The van der Waals surface area contributed by atoms with Crippen molar-refractivity contribution in [1.29, 1.82) is 0 Å². The summed E-state index contributed by atoms with van der Waals surface area (Å²) in [7, 11) is 1.57. The van der Waals surface area contributed by atoms with Crippen molar-refractivity contribution in [2.75, 3.05) is 13.9 Å². The van der Waals surface area contributed by atoms with Gasteiger partial charge >= 0.3 is 6.03 Å². The van der Waals surface area contributed by atoms with Crippen LogP contribution in [0.4, 0.5) is 4.79 Å². The molecule has 1 aromatic heterocycles. The van der Waals surface area contributed by atoms with Crippen molar-refractivity contribution in [2.45, 2.75) is 25.4 Å². The maximum atomic E-state index is 13.1. The fourth-order valence-corrected chi connectivity index (χ4v) is 3.80. The summed E-state index contributed by atoms with van der Waals surface area (Å²) >= 11 is 0. The van der Waals surface area contributed by atoms with E-state index in [4.69, 9.17) is 18.7 Å². The average Bonchev–Trinajstić information content (AvgIpc) is 3.50. The fraction of sp³-hybridized carbons (Fsp3) is 0.273. The van der Waals surface area contributed by atoms with Crippen molar-refractivity contribution in [2.24, 2.45) is 0 Å². The molecule has 1 atom stereocenters. The van der Waals surface area contributed by atoms with Crippen LogP contribution in [0.1, 0.15) is 18.4 Å². The Kier molecular flexibility index (Phi) is 4.69. The first-order chi connectivity index (χ1) is 15.4. The van der Waals surface area contributed by atoms with E-state index >= 15 is 0 Å². The predicted octanol–water partition coefficient (Wildman–Crippen LogP) is 2.53. The van der Waals surface area contributed by atoms with Gasteiger partial charge in [0.2, 0.25) is 18.5 Å². The molecule has 0 bridgehead atoms. The van der Waals surface area contributed by atoms with Gasteiger partial charge in [0, 0.05) is 12.0 Å². The van der Waals surface area contributed by atoms with Gasteiger partial charge in [0.1, 0.15) is 17.8 Å². The number of carbonyl (C=O) groups is 2. The van der Waals surface area contributed by atoms with Crippen LogP contribution in [-0.2, 0) is 17.8 Å². The second-order valence-electron chi connectivity index (χ2n) is 7.76. The van der Waals surface area contributed by atoms with E-state index < -0.39 is 11.6 Å². The third-order valence-corrected chi connectivity index (χ3v) is 5.43. The standard InChI is InChI=1S/C22H20N4O6/c1-22(10-13-6-7-16-17(8-13)31-12-30-16)20(27)26(21(28)24-22)11-18-23-19(25-32-18)14-4-3-5-15(9-14)29-2/h3-9H,10-12H2,1-2H3,(H,24,28)/t22-/m1/s1. The van der Waals surface area contributed by atoms with Gasteiger partial charge in [-0.3, -0.25) is 9.69 Å². The second-order valence-corrected chi connectivity index (χ2v) is 7.76. The van der Waals surface area contributed by atoms with Gasteiger partial charge in [-0.05, 0) is 36.8 Å². The highest BCUT2D eigenvalue weighted by molar-refractivity contribution is 6.06. The molecule has 2 aliphatic rings. The monoisotopic (exact) mass is 436 g/mol. The molecule has 2 aliphatic heterocycles. The van der Waals surface area contributed by atoms with Gasteiger partial charge in [0.25, 0.3) is 5.91 Å². The van der Waals surface area contributed by atoms with Crippen LogP contribution in [0.2, 0.25) is 0 Å². The summed E-state index contributed by atoms with van der Waals surface area (Å²) in [5.74, 6) is 2.05. The molecule has 1 fully saturated rings. The van der Waals surface area contributed by atoms with Crippen LogP contribution in [0.15, 0.2) is 47.0 Å². The molecule has 3 aromatic rings. The van der Waals surface area contributed by atoms with E-state index in [0.29, 0.717) is 35.1 Å². The van der Waals surface area contributed by atoms with Crippen LogP contribution in [-0.4, -0.2) is 46.4 Å². The molecule has 2 aromatic carbocycles. The summed E-state index contributed by atoms with van der Waals surface area (Å²) in [6.07, 6.45) is 0.295. The zero-order chi connectivity index (χ0) is 22.3. The number of benzene rings is 2. The molecule has 1 N–H and O–H groups in total. The Morgan fingerprint density at radius 2 is 2.00 bits per heavy atom. The molecule has 0 aliphatic carbocycles. The normalized spacial score (nSPS) is 19.4. The Balaban J connectivity index is 1.31. The number of urea groups is 1. The highest BCUT2D eigenvalue weighted by Crippen LogP contribution is 2.34. The number of amides is 3. The number of methoxy groups -OCH3 is 1. The smallest absolute Gasteiger partial charge is 0.325 e. The quantitative estimate of drug-likeness (QED) is 0.586. The lowest BCUT2D eigenvalue weighted by Crippen LogP contribution is -2.45. The van der Waals surface area contributed by atoms with Gasteiger partial charge in [-0.25, -0.2) is 4.79 Å². The molecule has 32 heavy (non-hydrogen) atoms.